The number of rotatable bonds is 5. The summed E-state index contributed by atoms with van der Waals surface area (Å²) in [6.07, 6.45) is 2.49. The summed E-state index contributed by atoms with van der Waals surface area (Å²) in [4.78, 5) is 20.9. The maximum absolute atomic E-state index is 13.3. The molecular formula is C26H28FN3O3. The van der Waals surface area contributed by atoms with Crippen molar-refractivity contribution in [1.29, 1.82) is 0 Å². The molecule has 3 heterocycles. The lowest BCUT2D eigenvalue weighted by atomic mass is 9.68. The first-order chi connectivity index (χ1) is 16.0. The Hall–Kier alpha value is -2.90. The lowest BCUT2D eigenvalue weighted by molar-refractivity contribution is -0.00131. The van der Waals surface area contributed by atoms with Gasteiger partial charge in [-0.1, -0.05) is 0 Å². The third-order valence-electron chi connectivity index (χ3n) is 7.57. The number of amides is 1. The van der Waals surface area contributed by atoms with Crippen LogP contribution in [0.25, 0.3) is 10.9 Å². The van der Waals surface area contributed by atoms with Gasteiger partial charge in [0, 0.05) is 59.8 Å². The maximum Gasteiger partial charge on any atom is 0.253 e. The van der Waals surface area contributed by atoms with Crippen LogP contribution in [0.4, 0.5) is 4.39 Å². The summed E-state index contributed by atoms with van der Waals surface area (Å²) < 4.78 is 18.8. The number of hydrogen-bond acceptors (Lipinski definition) is 4. The van der Waals surface area contributed by atoms with Crippen molar-refractivity contribution in [3.8, 4) is 5.75 Å². The molecule has 6 nitrogen and oxygen atoms in total. The van der Waals surface area contributed by atoms with Crippen LogP contribution in [0.3, 0.4) is 0 Å². The summed E-state index contributed by atoms with van der Waals surface area (Å²) in [7, 11) is 1.66. The highest BCUT2D eigenvalue weighted by atomic mass is 19.1. The Morgan fingerprint density at radius 2 is 1.94 bits per heavy atom. The molecule has 1 saturated heterocycles. The summed E-state index contributed by atoms with van der Waals surface area (Å²) in [5.74, 6) is 1.07. The number of benzene rings is 2. The number of likely N-dealkylation sites (tertiary alicyclic amines) is 1. The van der Waals surface area contributed by atoms with Gasteiger partial charge < -0.3 is 19.7 Å². The van der Waals surface area contributed by atoms with E-state index >= 15 is 0 Å². The predicted molar refractivity (Wildman–Crippen MR) is 123 cm³/mol. The van der Waals surface area contributed by atoms with E-state index in [1.54, 1.807) is 19.2 Å². The van der Waals surface area contributed by atoms with Gasteiger partial charge in [-0.3, -0.25) is 9.69 Å². The summed E-state index contributed by atoms with van der Waals surface area (Å²) in [5, 5.41) is 11.5. The monoisotopic (exact) mass is 449 g/mol. The van der Waals surface area contributed by atoms with Gasteiger partial charge in [0.25, 0.3) is 5.91 Å². The minimum atomic E-state index is -0.344. The van der Waals surface area contributed by atoms with E-state index in [9.17, 15) is 14.3 Å². The van der Waals surface area contributed by atoms with Crippen LogP contribution in [0.2, 0.25) is 0 Å². The number of halogens is 1. The van der Waals surface area contributed by atoms with Crippen molar-refractivity contribution in [2.75, 3.05) is 39.9 Å². The van der Waals surface area contributed by atoms with E-state index in [-0.39, 0.29) is 29.8 Å². The molecule has 6 rings (SSSR count). The van der Waals surface area contributed by atoms with Gasteiger partial charge in [-0.05, 0) is 60.7 Å². The molecule has 3 aliphatic rings. The van der Waals surface area contributed by atoms with Gasteiger partial charge in [0.1, 0.15) is 11.6 Å². The SMILES string of the molecule is COc1ccc2c3c([nH]c2c1)[C@@H](CO)N(CC1CC1)CC31CN(C(=O)c2ccc(F)cc2)C1. The van der Waals surface area contributed by atoms with Gasteiger partial charge in [0.15, 0.2) is 0 Å². The summed E-state index contributed by atoms with van der Waals surface area (Å²) in [6.45, 7) is 3.05. The second kappa shape index (κ2) is 7.57. The Balaban J connectivity index is 1.39. The number of hydrogen-bond donors (Lipinski definition) is 2. The molecule has 7 heteroatoms. The van der Waals surface area contributed by atoms with Crippen LogP contribution in [-0.2, 0) is 5.41 Å². The van der Waals surface area contributed by atoms with Crippen molar-refractivity contribution in [3.63, 3.8) is 0 Å². The Labute approximate surface area is 191 Å². The number of aromatic amines is 1. The van der Waals surface area contributed by atoms with Crippen molar-refractivity contribution in [3.05, 3.63) is 65.1 Å². The van der Waals surface area contributed by atoms with Gasteiger partial charge in [-0.2, -0.15) is 0 Å². The van der Waals surface area contributed by atoms with Crippen molar-refractivity contribution < 1.29 is 19.0 Å². The molecule has 1 amide bonds. The quantitative estimate of drug-likeness (QED) is 0.626. The predicted octanol–water partition coefficient (Wildman–Crippen LogP) is 3.47. The smallest absolute Gasteiger partial charge is 0.253 e. The van der Waals surface area contributed by atoms with Gasteiger partial charge >= 0.3 is 0 Å². The number of H-pyrrole nitrogens is 1. The highest BCUT2D eigenvalue weighted by Gasteiger charge is 2.54. The standard InChI is InChI=1S/C26H28FN3O3/c1-33-19-8-9-20-21(10-19)28-24-22(12-31)29(11-16-2-3-16)13-26(23(20)24)14-30(15-26)25(32)17-4-6-18(27)7-5-17/h4-10,16,22,28,31H,2-3,11-15H2,1H3/t22-/m1/s1. The van der Waals surface area contributed by atoms with E-state index in [1.807, 2.05) is 17.0 Å². The first kappa shape index (κ1) is 20.7. The number of methoxy groups -OCH3 is 1. The fourth-order valence-electron chi connectivity index (χ4n) is 5.80. The fourth-order valence-corrected chi connectivity index (χ4v) is 5.80. The molecule has 0 unspecified atom stereocenters. The van der Waals surface area contributed by atoms with Gasteiger partial charge in [0.2, 0.25) is 0 Å². The minimum absolute atomic E-state index is 0.0536. The minimum Gasteiger partial charge on any atom is -0.497 e. The van der Waals surface area contributed by atoms with E-state index in [2.05, 4.69) is 16.0 Å². The summed E-state index contributed by atoms with van der Waals surface area (Å²) in [6, 6.07) is 11.7. The molecule has 2 aliphatic heterocycles. The highest BCUT2D eigenvalue weighted by molar-refractivity contribution is 5.96. The molecule has 0 radical (unpaired) electrons. The second-order valence-electron chi connectivity index (χ2n) is 9.84. The van der Waals surface area contributed by atoms with Crippen molar-refractivity contribution in [2.45, 2.75) is 24.3 Å². The number of aliphatic hydroxyl groups excluding tert-OH is 1. The van der Waals surface area contributed by atoms with Gasteiger partial charge in [-0.15, -0.1) is 0 Å². The molecule has 2 fully saturated rings. The molecule has 3 aromatic rings. The van der Waals surface area contributed by atoms with Crippen molar-refractivity contribution in [1.82, 2.24) is 14.8 Å². The fraction of sp³-hybridized carbons (Fsp3) is 0.423. The van der Waals surface area contributed by atoms with E-state index < -0.39 is 0 Å². The number of carbonyl (C=O) groups is 1. The summed E-state index contributed by atoms with van der Waals surface area (Å²) in [5.41, 5.74) is 3.58. The largest absolute Gasteiger partial charge is 0.497 e. The molecule has 2 aromatic carbocycles. The van der Waals surface area contributed by atoms with E-state index in [4.69, 9.17) is 4.74 Å². The number of carbonyl (C=O) groups excluding carboxylic acids is 1. The first-order valence-electron chi connectivity index (χ1n) is 11.6. The van der Waals surface area contributed by atoms with Crippen LogP contribution >= 0.6 is 0 Å². The van der Waals surface area contributed by atoms with Crippen LogP contribution in [0.1, 0.15) is 40.5 Å². The molecule has 1 aliphatic carbocycles. The second-order valence-corrected chi connectivity index (χ2v) is 9.84. The molecule has 33 heavy (non-hydrogen) atoms. The number of nitrogens with zero attached hydrogens (tertiary/aromatic N) is 2. The molecule has 1 saturated carbocycles. The van der Waals surface area contributed by atoms with Gasteiger partial charge in [0.05, 0.1) is 19.8 Å². The first-order valence-corrected chi connectivity index (χ1v) is 11.6. The molecule has 0 bridgehead atoms. The molecule has 1 aromatic heterocycles. The van der Waals surface area contributed by atoms with Crippen LogP contribution in [0, 0.1) is 11.7 Å². The third kappa shape index (κ3) is 3.33. The third-order valence-corrected chi connectivity index (χ3v) is 7.57. The lowest BCUT2D eigenvalue weighted by Crippen LogP contribution is -2.67. The number of aromatic nitrogens is 1. The van der Waals surface area contributed by atoms with Gasteiger partial charge in [-0.25, -0.2) is 4.39 Å². The molecule has 1 spiro atoms. The zero-order valence-electron chi connectivity index (χ0n) is 18.7. The Morgan fingerprint density at radius 1 is 1.18 bits per heavy atom. The number of ether oxygens (including phenoxy) is 1. The summed E-state index contributed by atoms with van der Waals surface area (Å²) >= 11 is 0. The lowest BCUT2D eigenvalue weighted by Gasteiger charge is -2.56. The molecule has 172 valence electrons. The van der Waals surface area contributed by atoms with Crippen LogP contribution in [0.15, 0.2) is 42.5 Å². The highest BCUT2D eigenvalue weighted by Crippen LogP contribution is 2.49. The van der Waals surface area contributed by atoms with Crippen molar-refractivity contribution in [2.24, 2.45) is 5.92 Å². The van der Waals surface area contributed by atoms with Crippen LogP contribution in [-0.4, -0.2) is 65.7 Å². The molecular weight excluding hydrogens is 421 g/mol. The number of aliphatic hydroxyl groups is 1. The topological polar surface area (TPSA) is 68.8 Å². The van der Waals surface area contributed by atoms with Crippen LogP contribution in [0.5, 0.6) is 5.75 Å². The Kier molecular flexibility index (Phi) is 4.74. The maximum atomic E-state index is 13.3. The Morgan fingerprint density at radius 3 is 2.61 bits per heavy atom. The number of nitrogens with one attached hydrogen (secondary N) is 1. The van der Waals surface area contributed by atoms with Crippen molar-refractivity contribution >= 4 is 16.8 Å². The average molecular weight is 450 g/mol. The number of fused-ring (bicyclic) bond motifs is 4. The molecule has 1 atom stereocenters. The molecule has 2 N–H and O–H groups in total. The Bertz CT molecular complexity index is 1210. The van der Waals surface area contributed by atoms with E-state index in [0.29, 0.717) is 24.6 Å². The normalized spacial score (nSPS) is 21.8. The zero-order chi connectivity index (χ0) is 22.7. The average Bonchev–Trinajstić information content (AvgIpc) is 3.53. The zero-order valence-corrected chi connectivity index (χ0v) is 18.7. The van der Waals surface area contributed by atoms with E-state index in [0.717, 1.165) is 35.4 Å². The van der Waals surface area contributed by atoms with Crippen LogP contribution < -0.4 is 4.74 Å². The van der Waals surface area contributed by atoms with E-state index in [1.165, 1.54) is 30.5 Å².